The van der Waals surface area contributed by atoms with Crippen LogP contribution in [0.15, 0.2) is 18.2 Å². The third kappa shape index (κ3) is 3.37. The molecule has 1 aromatic carbocycles. The van der Waals surface area contributed by atoms with E-state index in [1.165, 1.54) is 13.5 Å². The van der Waals surface area contributed by atoms with Crippen LogP contribution in [0.1, 0.15) is 68.8 Å². The zero-order valence-electron chi connectivity index (χ0n) is 15.6. The number of methoxy groups -OCH3 is 1. The zero-order valence-corrected chi connectivity index (χ0v) is 15.6. The summed E-state index contributed by atoms with van der Waals surface area (Å²) in [5.41, 5.74) is 1.88. The van der Waals surface area contributed by atoms with E-state index in [2.05, 4.69) is 0 Å². The van der Waals surface area contributed by atoms with Crippen molar-refractivity contribution < 1.29 is 19.1 Å². The Hall–Kier alpha value is -2.04. The van der Waals surface area contributed by atoms with E-state index in [0.717, 1.165) is 36.9 Å². The van der Waals surface area contributed by atoms with Crippen LogP contribution in [-0.2, 0) is 14.9 Å². The Morgan fingerprint density at radius 3 is 2.40 bits per heavy atom. The highest BCUT2D eigenvalue weighted by Gasteiger charge is 2.46. The monoisotopic (exact) mass is 345 g/mol. The molecule has 0 bridgehead atoms. The largest absolute Gasteiger partial charge is 0.465 e. The molecule has 0 N–H and O–H groups in total. The summed E-state index contributed by atoms with van der Waals surface area (Å²) in [6.45, 7) is 6.25. The molecule has 2 aliphatic rings. The zero-order chi connectivity index (χ0) is 18.2. The summed E-state index contributed by atoms with van der Waals surface area (Å²) in [5.74, 6) is -0.343. The van der Waals surface area contributed by atoms with Gasteiger partial charge >= 0.3 is 12.1 Å². The van der Waals surface area contributed by atoms with Crippen molar-refractivity contribution in [2.24, 2.45) is 0 Å². The fourth-order valence-electron chi connectivity index (χ4n) is 4.05. The molecule has 1 heterocycles. The quantitative estimate of drug-likeness (QED) is 0.707. The molecule has 0 unspecified atom stereocenters. The van der Waals surface area contributed by atoms with Gasteiger partial charge < -0.3 is 9.47 Å². The molecule has 5 nitrogen and oxygen atoms in total. The Kier molecular flexibility index (Phi) is 4.52. The number of anilines is 1. The van der Waals surface area contributed by atoms with Crippen LogP contribution in [0, 0.1) is 0 Å². The lowest BCUT2D eigenvalue weighted by Crippen LogP contribution is -2.41. The maximum Gasteiger partial charge on any atom is 0.414 e. The minimum Gasteiger partial charge on any atom is -0.465 e. The summed E-state index contributed by atoms with van der Waals surface area (Å²) in [7, 11) is 1.39. The molecule has 0 aromatic heterocycles. The van der Waals surface area contributed by atoms with Gasteiger partial charge in [-0.15, -0.1) is 0 Å². The van der Waals surface area contributed by atoms with Crippen LogP contribution in [-0.4, -0.2) is 31.3 Å². The molecule has 136 valence electrons. The van der Waals surface area contributed by atoms with Crippen molar-refractivity contribution >= 4 is 17.7 Å². The van der Waals surface area contributed by atoms with Crippen LogP contribution in [0.5, 0.6) is 0 Å². The molecule has 25 heavy (non-hydrogen) atoms. The van der Waals surface area contributed by atoms with Gasteiger partial charge in [0.1, 0.15) is 5.60 Å². The number of amides is 1. The lowest BCUT2D eigenvalue weighted by molar-refractivity contribution is 0.0572. The number of carbonyl (C=O) groups excluding carboxylic acids is 2. The van der Waals surface area contributed by atoms with Crippen molar-refractivity contribution in [1.82, 2.24) is 0 Å². The number of benzene rings is 1. The Bertz CT molecular complexity index is 683. The number of fused-ring (bicyclic) bond motifs is 2. The second kappa shape index (κ2) is 6.36. The molecule has 1 aromatic rings. The van der Waals surface area contributed by atoms with Gasteiger partial charge in [0, 0.05) is 12.0 Å². The van der Waals surface area contributed by atoms with Crippen molar-refractivity contribution in [3.63, 3.8) is 0 Å². The summed E-state index contributed by atoms with van der Waals surface area (Å²) >= 11 is 0. The Morgan fingerprint density at radius 1 is 1.12 bits per heavy atom. The van der Waals surface area contributed by atoms with Gasteiger partial charge in [0.05, 0.1) is 18.4 Å². The normalized spacial score (nSPS) is 18.8. The van der Waals surface area contributed by atoms with Gasteiger partial charge in [-0.2, -0.15) is 0 Å². The summed E-state index contributed by atoms with van der Waals surface area (Å²) < 4.78 is 10.5. The first-order chi connectivity index (χ1) is 11.8. The molecule has 1 saturated carbocycles. The third-order valence-electron chi connectivity index (χ3n) is 5.17. The van der Waals surface area contributed by atoms with E-state index in [9.17, 15) is 9.59 Å². The lowest BCUT2D eigenvalue weighted by atomic mass is 9.70. The molecule has 3 rings (SSSR count). The van der Waals surface area contributed by atoms with Crippen LogP contribution >= 0.6 is 0 Å². The van der Waals surface area contributed by atoms with E-state index >= 15 is 0 Å². The highest BCUT2D eigenvalue weighted by Crippen LogP contribution is 2.49. The molecule has 1 aliphatic carbocycles. The van der Waals surface area contributed by atoms with E-state index in [1.54, 1.807) is 11.0 Å². The third-order valence-corrected chi connectivity index (χ3v) is 5.17. The van der Waals surface area contributed by atoms with Gasteiger partial charge in [-0.05, 0) is 57.4 Å². The number of hydrogen-bond donors (Lipinski definition) is 0. The van der Waals surface area contributed by atoms with Crippen LogP contribution < -0.4 is 4.90 Å². The van der Waals surface area contributed by atoms with Crippen LogP contribution in [0.3, 0.4) is 0 Å². The van der Waals surface area contributed by atoms with Gasteiger partial charge in [0.25, 0.3) is 0 Å². The van der Waals surface area contributed by atoms with Crippen LogP contribution in [0.4, 0.5) is 10.5 Å². The number of ether oxygens (including phenoxy) is 2. The van der Waals surface area contributed by atoms with Gasteiger partial charge in [-0.25, -0.2) is 9.59 Å². The number of carbonyl (C=O) groups is 2. The summed E-state index contributed by atoms with van der Waals surface area (Å²) in [5, 5.41) is 0. The molecule has 1 spiro atoms. The van der Waals surface area contributed by atoms with E-state index in [1.807, 2.05) is 32.9 Å². The molecule has 1 aliphatic heterocycles. The Morgan fingerprint density at radius 2 is 1.80 bits per heavy atom. The van der Waals surface area contributed by atoms with Gasteiger partial charge in [0.2, 0.25) is 0 Å². The molecular weight excluding hydrogens is 318 g/mol. The predicted molar refractivity (Wildman–Crippen MR) is 96.1 cm³/mol. The SMILES string of the molecule is COC(=O)c1ccc2c(c1)C1(CCCCC1)CN2C(=O)OC(C)(C)C. The topological polar surface area (TPSA) is 55.8 Å². The number of hydrogen-bond acceptors (Lipinski definition) is 4. The molecule has 1 fully saturated rings. The predicted octanol–water partition coefficient (Wildman–Crippen LogP) is 4.43. The molecule has 0 atom stereocenters. The molecule has 0 saturated heterocycles. The van der Waals surface area contributed by atoms with E-state index in [-0.39, 0.29) is 17.5 Å². The molecule has 0 radical (unpaired) electrons. The van der Waals surface area contributed by atoms with Crippen LogP contribution in [0.2, 0.25) is 0 Å². The standard InChI is InChI=1S/C20H27NO4/c1-19(2,3)25-18(23)21-13-20(10-6-5-7-11-20)15-12-14(17(22)24-4)8-9-16(15)21/h8-9,12H,5-7,10-11,13H2,1-4H3. The van der Waals surface area contributed by atoms with Gasteiger partial charge in [-0.3, -0.25) is 4.90 Å². The smallest absolute Gasteiger partial charge is 0.414 e. The maximum atomic E-state index is 12.7. The first kappa shape index (κ1) is 17.8. The Labute approximate surface area is 149 Å². The van der Waals surface area contributed by atoms with E-state index in [0.29, 0.717) is 12.1 Å². The average Bonchev–Trinajstić information content (AvgIpc) is 2.87. The minimum atomic E-state index is -0.536. The lowest BCUT2D eigenvalue weighted by Gasteiger charge is -2.34. The second-order valence-corrected chi connectivity index (χ2v) is 8.13. The highest BCUT2D eigenvalue weighted by molar-refractivity contribution is 5.95. The summed E-state index contributed by atoms with van der Waals surface area (Å²) in [6, 6.07) is 5.50. The maximum absolute atomic E-state index is 12.7. The first-order valence-electron chi connectivity index (χ1n) is 8.99. The van der Waals surface area contributed by atoms with Crippen LogP contribution in [0.25, 0.3) is 0 Å². The van der Waals surface area contributed by atoms with Crippen molar-refractivity contribution in [2.45, 2.75) is 63.9 Å². The van der Waals surface area contributed by atoms with Crippen molar-refractivity contribution in [3.8, 4) is 0 Å². The first-order valence-corrected chi connectivity index (χ1v) is 8.99. The van der Waals surface area contributed by atoms with E-state index in [4.69, 9.17) is 9.47 Å². The molecular formula is C20H27NO4. The fourth-order valence-corrected chi connectivity index (χ4v) is 4.05. The molecule has 5 heteroatoms. The number of esters is 1. The highest BCUT2D eigenvalue weighted by atomic mass is 16.6. The average molecular weight is 345 g/mol. The van der Waals surface area contributed by atoms with Crippen molar-refractivity contribution in [1.29, 1.82) is 0 Å². The number of rotatable bonds is 1. The second-order valence-electron chi connectivity index (χ2n) is 8.13. The van der Waals surface area contributed by atoms with Crippen molar-refractivity contribution in [3.05, 3.63) is 29.3 Å². The van der Waals surface area contributed by atoms with Gasteiger partial charge in [-0.1, -0.05) is 19.3 Å². The van der Waals surface area contributed by atoms with Crippen molar-refractivity contribution in [2.75, 3.05) is 18.6 Å². The Balaban J connectivity index is 2.01. The van der Waals surface area contributed by atoms with E-state index < -0.39 is 5.60 Å². The summed E-state index contributed by atoms with van der Waals surface area (Å²) in [6.07, 6.45) is 5.25. The number of nitrogens with zero attached hydrogens (tertiary/aromatic N) is 1. The minimum absolute atomic E-state index is 0.0749. The fraction of sp³-hybridized carbons (Fsp3) is 0.600. The van der Waals surface area contributed by atoms with Gasteiger partial charge in [0.15, 0.2) is 0 Å². The summed E-state index contributed by atoms with van der Waals surface area (Å²) in [4.78, 5) is 26.4. The molecule has 1 amide bonds.